The largest absolute Gasteiger partial charge is 0.376 e. The zero-order valence-corrected chi connectivity index (χ0v) is 17.8. The maximum atomic E-state index is 13.2. The SMILES string of the molecule is O=C(c1n[nH]c2c1COCC2)N1CCC2(CCc3c2nc(-c2ccccc2)[nH]c3=O)CC1. The summed E-state index contributed by atoms with van der Waals surface area (Å²) in [7, 11) is 0. The van der Waals surface area contributed by atoms with E-state index in [0.717, 1.165) is 60.2 Å². The van der Waals surface area contributed by atoms with Crippen molar-refractivity contribution < 1.29 is 9.53 Å². The highest BCUT2D eigenvalue weighted by molar-refractivity contribution is 5.94. The lowest BCUT2D eigenvalue weighted by Crippen LogP contribution is -2.45. The van der Waals surface area contributed by atoms with E-state index in [1.54, 1.807) is 0 Å². The smallest absolute Gasteiger partial charge is 0.274 e. The fraction of sp³-hybridized carbons (Fsp3) is 0.417. The van der Waals surface area contributed by atoms with Gasteiger partial charge >= 0.3 is 0 Å². The highest BCUT2D eigenvalue weighted by Crippen LogP contribution is 2.44. The van der Waals surface area contributed by atoms with Crippen molar-refractivity contribution in [1.82, 2.24) is 25.1 Å². The molecule has 0 saturated carbocycles. The van der Waals surface area contributed by atoms with Gasteiger partial charge in [-0.3, -0.25) is 14.7 Å². The number of amides is 1. The molecule has 0 atom stereocenters. The first kappa shape index (κ1) is 19.4. The van der Waals surface area contributed by atoms with Crippen LogP contribution in [0.1, 0.15) is 52.3 Å². The number of aromatic amines is 2. The van der Waals surface area contributed by atoms with Gasteiger partial charge in [-0.1, -0.05) is 30.3 Å². The van der Waals surface area contributed by atoms with Crippen molar-refractivity contribution in [1.29, 1.82) is 0 Å². The molecular weight excluding hydrogens is 406 g/mol. The molecule has 8 heteroatoms. The fourth-order valence-corrected chi connectivity index (χ4v) is 5.45. The first-order valence-electron chi connectivity index (χ1n) is 11.3. The topological polar surface area (TPSA) is 104 Å². The lowest BCUT2D eigenvalue weighted by atomic mass is 9.76. The number of carbonyl (C=O) groups excluding carboxylic acids is 1. The lowest BCUT2D eigenvalue weighted by Gasteiger charge is -2.39. The first-order chi connectivity index (χ1) is 15.6. The van der Waals surface area contributed by atoms with Gasteiger partial charge in [-0.2, -0.15) is 5.10 Å². The molecule has 1 aliphatic carbocycles. The van der Waals surface area contributed by atoms with E-state index in [0.29, 0.717) is 37.8 Å². The highest BCUT2D eigenvalue weighted by Gasteiger charge is 2.45. The summed E-state index contributed by atoms with van der Waals surface area (Å²) in [5.41, 5.74) is 4.87. The maximum absolute atomic E-state index is 13.2. The van der Waals surface area contributed by atoms with E-state index in [1.165, 1.54) is 0 Å². The van der Waals surface area contributed by atoms with Gasteiger partial charge < -0.3 is 14.6 Å². The predicted octanol–water partition coefficient (Wildman–Crippen LogP) is 2.35. The third kappa shape index (κ3) is 3.01. The van der Waals surface area contributed by atoms with Crippen molar-refractivity contribution in [2.75, 3.05) is 19.7 Å². The monoisotopic (exact) mass is 431 g/mol. The van der Waals surface area contributed by atoms with E-state index in [9.17, 15) is 9.59 Å². The van der Waals surface area contributed by atoms with E-state index in [-0.39, 0.29) is 16.9 Å². The number of carbonyl (C=O) groups is 1. The molecule has 0 radical (unpaired) electrons. The van der Waals surface area contributed by atoms with E-state index in [1.807, 2.05) is 35.2 Å². The summed E-state index contributed by atoms with van der Waals surface area (Å²) in [4.78, 5) is 35.8. The molecule has 2 aliphatic heterocycles. The average molecular weight is 431 g/mol. The number of rotatable bonds is 2. The molecule has 1 spiro atoms. The molecule has 1 aromatic carbocycles. The molecule has 3 aromatic rings. The number of nitrogens with zero attached hydrogens (tertiary/aromatic N) is 3. The molecule has 1 fully saturated rings. The molecule has 2 N–H and O–H groups in total. The average Bonchev–Trinajstić information content (AvgIpc) is 3.42. The Hall–Kier alpha value is -3.26. The van der Waals surface area contributed by atoms with Crippen LogP contribution in [0.4, 0.5) is 0 Å². The number of hydrogen-bond acceptors (Lipinski definition) is 5. The molecule has 0 bridgehead atoms. The van der Waals surface area contributed by atoms with Gasteiger partial charge in [0, 0.05) is 47.3 Å². The van der Waals surface area contributed by atoms with Crippen molar-refractivity contribution in [3.8, 4) is 11.4 Å². The summed E-state index contributed by atoms with van der Waals surface area (Å²) in [5, 5.41) is 7.31. The van der Waals surface area contributed by atoms with E-state index in [4.69, 9.17) is 9.72 Å². The molecule has 2 aromatic heterocycles. The van der Waals surface area contributed by atoms with E-state index in [2.05, 4.69) is 15.2 Å². The number of fused-ring (bicyclic) bond motifs is 3. The lowest BCUT2D eigenvalue weighted by molar-refractivity contribution is 0.0646. The van der Waals surface area contributed by atoms with Gasteiger partial charge in [0.05, 0.1) is 18.9 Å². The molecule has 32 heavy (non-hydrogen) atoms. The Kier molecular flexibility index (Phi) is 4.50. The van der Waals surface area contributed by atoms with Crippen molar-refractivity contribution in [3.05, 3.63) is 68.9 Å². The first-order valence-corrected chi connectivity index (χ1v) is 11.3. The number of aromatic nitrogens is 4. The third-order valence-corrected chi connectivity index (χ3v) is 7.32. The zero-order valence-electron chi connectivity index (χ0n) is 17.8. The second kappa shape index (κ2) is 7.41. The van der Waals surface area contributed by atoms with Crippen LogP contribution in [0.3, 0.4) is 0 Å². The summed E-state index contributed by atoms with van der Waals surface area (Å²) in [5.74, 6) is 0.585. The van der Waals surface area contributed by atoms with Crippen LogP contribution in [-0.4, -0.2) is 50.7 Å². The zero-order chi connectivity index (χ0) is 21.7. The number of ether oxygens (including phenoxy) is 1. The summed E-state index contributed by atoms with van der Waals surface area (Å²) < 4.78 is 5.53. The van der Waals surface area contributed by atoms with Gasteiger partial charge in [0.2, 0.25) is 0 Å². The van der Waals surface area contributed by atoms with E-state index >= 15 is 0 Å². The quantitative estimate of drug-likeness (QED) is 0.648. The van der Waals surface area contributed by atoms with Crippen LogP contribution in [0.15, 0.2) is 35.1 Å². The van der Waals surface area contributed by atoms with Gasteiger partial charge in [-0.15, -0.1) is 0 Å². The molecule has 1 saturated heterocycles. The summed E-state index contributed by atoms with van der Waals surface area (Å²) in [6.45, 7) is 2.37. The Morgan fingerprint density at radius 2 is 1.88 bits per heavy atom. The summed E-state index contributed by atoms with van der Waals surface area (Å²) in [6, 6.07) is 9.76. The Morgan fingerprint density at radius 3 is 2.69 bits per heavy atom. The minimum atomic E-state index is -0.141. The van der Waals surface area contributed by atoms with Gasteiger partial charge in [0.15, 0.2) is 5.69 Å². The Balaban J connectivity index is 1.26. The van der Waals surface area contributed by atoms with Crippen LogP contribution in [0, 0.1) is 0 Å². The number of benzene rings is 1. The second-order valence-corrected chi connectivity index (χ2v) is 9.01. The van der Waals surface area contributed by atoms with Crippen LogP contribution < -0.4 is 5.56 Å². The minimum absolute atomic E-state index is 0.0348. The number of piperidine rings is 1. The van der Waals surface area contributed by atoms with Crippen molar-refractivity contribution in [2.45, 2.75) is 44.1 Å². The second-order valence-electron chi connectivity index (χ2n) is 9.01. The van der Waals surface area contributed by atoms with Crippen LogP contribution in [0.2, 0.25) is 0 Å². The van der Waals surface area contributed by atoms with E-state index < -0.39 is 0 Å². The molecule has 0 unspecified atom stereocenters. The van der Waals surface area contributed by atoms with Gasteiger partial charge in [0.25, 0.3) is 11.5 Å². The maximum Gasteiger partial charge on any atom is 0.274 e. The van der Waals surface area contributed by atoms with Gasteiger partial charge in [0.1, 0.15) is 5.82 Å². The Morgan fingerprint density at radius 1 is 1.06 bits per heavy atom. The summed E-state index contributed by atoms with van der Waals surface area (Å²) >= 11 is 0. The number of H-pyrrole nitrogens is 2. The minimum Gasteiger partial charge on any atom is -0.376 e. The van der Waals surface area contributed by atoms with Crippen LogP contribution >= 0.6 is 0 Å². The molecular formula is C24H25N5O3. The summed E-state index contributed by atoms with van der Waals surface area (Å²) in [6.07, 6.45) is 4.02. The van der Waals surface area contributed by atoms with Crippen LogP contribution in [-0.2, 0) is 29.6 Å². The predicted molar refractivity (Wildman–Crippen MR) is 117 cm³/mol. The van der Waals surface area contributed by atoms with Gasteiger partial charge in [-0.05, 0) is 25.7 Å². The molecule has 6 rings (SSSR count). The standard InChI is InChI=1S/C24H25N5O3/c30-22-16-6-8-24(20(16)25-21(26-22)15-4-2-1-3-5-15)9-11-29(12-10-24)23(31)19-17-14-32-13-7-18(17)27-28-19/h1-5H,6-14H2,(H,27,28)(H,25,26,30). The number of hydrogen-bond donors (Lipinski definition) is 2. The third-order valence-electron chi connectivity index (χ3n) is 7.32. The highest BCUT2D eigenvalue weighted by atomic mass is 16.5. The van der Waals surface area contributed by atoms with Crippen molar-refractivity contribution in [3.63, 3.8) is 0 Å². The van der Waals surface area contributed by atoms with Crippen LogP contribution in [0.5, 0.6) is 0 Å². The van der Waals surface area contributed by atoms with Crippen molar-refractivity contribution >= 4 is 5.91 Å². The molecule has 3 aliphatic rings. The van der Waals surface area contributed by atoms with Crippen molar-refractivity contribution in [2.24, 2.45) is 0 Å². The Labute approximate surface area is 185 Å². The molecule has 4 heterocycles. The van der Waals surface area contributed by atoms with Gasteiger partial charge in [-0.25, -0.2) is 4.98 Å². The molecule has 164 valence electrons. The Bertz CT molecular complexity index is 1240. The van der Waals surface area contributed by atoms with Crippen LogP contribution in [0.25, 0.3) is 11.4 Å². The molecule has 1 amide bonds. The number of likely N-dealkylation sites (tertiary alicyclic amines) is 1. The molecule has 8 nitrogen and oxygen atoms in total. The normalized spacial score (nSPS) is 19.1. The fourth-order valence-electron chi connectivity index (χ4n) is 5.45. The number of nitrogens with one attached hydrogen (secondary N) is 2.